The van der Waals surface area contributed by atoms with E-state index < -0.39 is 8.87 Å². The third kappa shape index (κ3) is 4.15. The molecule has 78 valence electrons. The number of hydrogen-bond donors (Lipinski definition) is 0. The first-order chi connectivity index (χ1) is 6.64. The summed E-state index contributed by atoms with van der Waals surface area (Å²) in [7, 11) is -2.02. The summed E-state index contributed by atoms with van der Waals surface area (Å²) in [5.74, 6) is 0.267. The maximum absolute atomic E-state index is 11.5. The van der Waals surface area contributed by atoms with Crippen molar-refractivity contribution in [2.75, 3.05) is 5.75 Å². The predicted octanol–water partition coefficient (Wildman–Crippen LogP) is 2.91. The van der Waals surface area contributed by atoms with Gasteiger partial charge in [-0.1, -0.05) is 31.5 Å². The summed E-state index contributed by atoms with van der Waals surface area (Å²) < 4.78 is 23.0. The number of benzene rings is 1. The van der Waals surface area contributed by atoms with Gasteiger partial charge in [-0.2, -0.15) is 0 Å². The van der Waals surface area contributed by atoms with Crippen molar-refractivity contribution in [2.24, 2.45) is 0 Å². The van der Waals surface area contributed by atoms with Crippen LogP contribution < -0.4 is 0 Å². The second-order valence-electron chi connectivity index (χ2n) is 3.01. The van der Waals surface area contributed by atoms with Crippen molar-refractivity contribution >= 4 is 19.7 Å². The predicted molar refractivity (Wildman–Crippen MR) is 61.0 cm³/mol. The molecular weight excluding hydrogens is 216 g/mol. The first kappa shape index (κ1) is 11.6. The molecule has 0 amide bonds. The van der Waals surface area contributed by atoms with Crippen LogP contribution in [0.15, 0.2) is 35.2 Å². The topological polar surface area (TPSA) is 34.1 Å². The summed E-state index contributed by atoms with van der Waals surface area (Å²) in [5.41, 5.74) is 0. The largest absolute Gasteiger partial charge is 0.217 e. The molecule has 0 aliphatic heterocycles. The van der Waals surface area contributed by atoms with Gasteiger partial charge in [0.2, 0.25) is 8.87 Å². The van der Waals surface area contributed by atoms with Gasteiger partial charge in [0.15, 0.2) is 0 Å². The average molecular weight is 230 g/mol. The van der Waals surface area contributed by atoms with Gasteiger partial charge >= 0.3 is 0 Å². The van der Waals surface area contributed by atoms with Gasteiger partial charge in [-0.3, -0.25) is 0 Å². The Hall–Kier alpha value is -0.480. The van der Waals surface area contributed by atoms with Gasteiger partial charge in [-0.05, 0) is 18.6 Å². The molecule has 1 aromatic carbocycles. The van der Waals surface area contributed by atoms with Crippen molar-refractivity contribution in [3.8, 4) is 0 Å². The third-order valence-corrected chi connectivity index (χ3v) is 5.06. The molecule has 0 aromatic heterocycles. The highest BCUT2D eigenvalue weighted by Gasteiger charge is 2.11. The Kier molecular flexibility index (Phi) is 4.48. The standard InChI is InChI=1S/C10H14O2S2/c1-2-3-9-14(11,12)13-10-7-5-4-6-8-10/h4-8H,2-3,9H2,1H3. The minimum atomic E-state index is -2.98. The van der Waals surface area contributed by atoms with Crippen LogP contribution in [-0.4, -0.2) is 14.2 Å². The van der Waals surface area contributed by atoms with E-state index in [1.165, 1.54) is 0 Å². The lowest BCUT2D eigenvalue weighted by Gasteiger charge is -2.01. The Balaban J connectivity index is 2.60. The zero-order chi connectivity index (χ0) is 10.4. The summed E-state index contributed by atoms with van der Waals surface area (Å²) in [6, 6.07) is 9.19. The SMILES string of the molecule is CCCCS(=O)(=O)Sc1ccccc1. The van der Waals surface area contributed by atoms with Gasteiger partial charge in [0.1, 0.15) is 0 Å². The molecule has 1 rings (SSSR count). The van der Waals surface area contributed by atoms with E-state index in [1.807, 2.05) is 37.3 Å². The van der Waals surface area contributed by atoms with Crippen LogP contribution in [0.3, 0.4) is 0 Å². The average Bonchev–Trinajstić information content (AvgIpc) is 2.16. The zero-order valence-electron chi connectivity index (χ0n) is 8.14. The van der Waals surface area contributed by atoms with Crippen molar-refractivity contribution in [3.63, 3.8) is 0 Å². The normalized spacial score (nSPS) is 11.5. The summed E-state index contributed by atoms with van der Waals surface area (Å²) >= 11 is 0. The highest BCUT2D eigenvalue weighted by molar-refractivity contribution is 8.72. The minimum absolute atomic E-state index is 0.267. The second kappa shape index (κ2) is 5.41. The van der Waals surface area contributed by atoms with Crippen LogP contribution in [-0.2, 0) is 8.87 Å². The van der Waals surface area contributed by atoms with E-state index in [0.29, 0.717) is 0 Å². The van der Waals surface area contributed by atoms with Crippen LogP contribution in [0.5, 0.6) is 0 Å². The molecule has 0 unspecified atom stereocenters. The number of hydrogen-bond acceptors (Lipinski definition) is 3. The third-order valence-electron chi connectivity index (χ3n) is 1.71. The fourth-order valence-corrected chi connectivity index (χ4v) is 4.09. The van der Waals surface area contributed by atoms with E-state index in [0.717, 1.165) is 28.5 Å². The van der Waals surface area contributed by atoms with Crippen LogP contribution in [0, 0.1) is 0 Å². The molecule has 0 saturated carbocycles. The molecule has 0 radical (unpaired) electrons. The quantitative estimate of drug-likeness (QED) is 0.729. The molecule has 0 aliphatic carbocycles. The van der Waals surface area contributed by atoms with Crippen molar-refractivity contribution < 1.29 is 8.42 Å². The molecule has 0 heterocycles. The van der Waals surface area contributed by atoms with Crippen LogP contribution in [0.4, 0.5) is 0 Å². The Bertz CT molecular complexity index is 357. The maximum atomic E-state index is 11.5. The summed E-state index contributed by atoms with van der Waals surface area (Å²) in [5, 5.41) is 0. The second-order valence-corrected chi connectivity index (χ2v) is 7.20. The van der Waals surface area contributed by atoms with E-state index in [1.54, 1.807) is 0 Å². The highest BCUT2D eigenvalue weighted by atomic mass is 33.1. The van der Waals surface area contributed by atoms with Crippen LogP contribution in [0.2, 0.25) is 0 Å². The van der Waals surface area contributed by atoms with E-state index in [9.17, 15) is 8.42 Å². The van der Waals surface area contributed by atoms with Gasteiger partial charge < -0.3 is 0 Å². The Labute approximate surface area is 89.0 Å². The Morgan fingerprint density at radius 3 is 2.43 bits per heavy atom. The molecule has 0 aliphatic rings. The molecule has 1 aromatic rings. The van der Waals surface area contributed by atoms with E-state index >= 15 is 0 Å². The fraction of sp³-hybridized carbons (Fsp3) is 0.400. The maximum Gasteiger partial charge on any atom is 0.206 e. The number of rotatable bonds is 5. The number of unbranched alkanes of at least 4 members (excludes halogenated alkanes) is 1. The lowest BCUT2D eigenvalue weighted by atomic mass is 10.4. The highest BCUT2D eigenvalue weighted by Crippen LogP contribution is 2.25. The van der Waals surface area contributed by atoms with Crippen molar-refractivity contribution in [1.82, 2.24) is 0 Å². The monoisotopic (exact) mass is 230 g/mol. The smallest absolute Gasteiger partial charge is 0.206 e. The van der Waals surface area contributed by atoms with Gasteiger partial charge in [0.25, 0.3) is 0 Å². The van der Waals surface area contributed by atoms with Gasteiger partial charge in [0.05, 0.1) is 5.75 Å². The van der Waals surface area contributed by atoms with E-state index in [-0.39, 0.29) is 5.75 Å². The molecule has 0 fully saturated rings. The Morgan fingerprint density at radius 1 is 1.21 bits per heavy atom. The lowest BCUT2D eigenvalue weighted by Crippen LogP contribution is -1.99. The molecule has 14 heavy (non-hydrogen) atoms. The lowest BCUT2D eigenvalue weighted by molar-refractivity contribution is 0.607. The van der Waals surface area contributed by atoms with Gasteiger partial charge in [-0.25, -0.2) is 8.42 Å². The minimum Gasteiger partial charge on any atom is -0.217 e. The van der Waals surface area contributed by atoms with E-state index in [2.05, 4.69) is 0 Å². The van der Waals surface area contributed by atoms with Crippen LogP contribution in [0.25, 0.3) is 0 Å². The molecule has 0 N–H and O–H groups in total. The molecular formula is C10H14O2S2. The first-order valence-corrected chi connectivity index (χ1v) is 7.60. The molecule has 4 heteroatoms. The van der Waals surface area contributed by atoms with Crippen molar-refractivity contribution in [2.45, 2.75) is 24.7 Å². The van der Waals surface area contributed by atoms with Gasteiger partial charge in [-0.15, -0.1) is 0 Å². The van der Waals surface area contributed by atoms with Crippen LogP contribution >= 0.6 is 10.8 Å². The van der Waals surface area contributed by atoms with E-state index in [4.69, 9.17) is 0 Å². The molecule has 2 nitrogen and oxygen atoms in total. The Morgan fingerprint density at radius 2 is 1.86 bits per heavy atom. The fourth-order valence-electron chi connectivity index (χ4n) is 0.985. The van der Waals surface area contributed by atoms with Crippen molar-refractivity contribution in [1.29, 1.82) is 0 Å². The molecule has 0 bridgehead atoms. The molecule has 0 saturated heterocycles. The van der Waals surface area contributed by atoms with Crippen LogP contribution in [0.1, 0.15) is 19.8 Å². The summed E-state index contributed by atoms with van der Waals surface area (Å²) in [6.07, 6.45) is 1.65. The molecule has 0 spiro atoms. The zero-order valence-corrected chi connectivity index (χ0v) is 9.77. The van der Waals surface area contributed by atoms with Gasteiger partial charge in [0, 0.05) is 15.7 Å². The summed E-state index contributed by atoms with van der Waals surface area (Å²) in [4.78, 5) is 0.795. The summed E-state index contributed by atoms with van der Waals surface area (Å²) in [6.45, 7) is 1.99. The van der Waals surface area contributed by atoms with Crippen molar-refractivity contribution in [3.05, 3.63) is 30.3 Å². The first-order valence-electron chi connectivity index (χ1n) is 4.61. The molecule has 0 atom stereocenters.